The number of hydrogen-bond donors (Lipinski definition) is 3. The summed E-state index contributed by atoms with van der Waals surface area (Å²) in [5.41, 5.74) is 4.48. The first-order valence-corrected chi connectivity index (χ1v) is 12.8. The average Bonchev–Trinajstić information content (AvgIpc) is 3.01. The smallest absolute Gasteiger partial charge is 0.459 e. The standard InChI is InChI=1S/C21H27ClFN4O8P/c1-12(2)33-18(29)13(3)26-36(31,35-14-7-5-4-6-8-14)32-11-15-17(28)21(22,23)19(34-15)27-10-9-16(24)25-20(27)30/h4-10,12-13,15,17,19,28H,11H2,1-3H3,(H,26,31)(H2,24,25,30)/t13-,15-,17-,19-,21-,36-/m1/s1. The maximum Gasteiger partial charge on any atom is 0.459 e. The first-order chi connectivity index (χ1) is 16.8. The van der Waals surface area contributed by atoms with Crippen LogP contribution in [0.2, 0.25) is 0 Å². The van der Waals surface area contributed by atoms with Crippen molar-refractivity contribution in [3.05, 3.63) is 53.1 Å². The number of nitrogens with two attached hydrogens (primary N) is 1. The summed E-state index contributed by atoms with van der Waals surface area (Å²) in [6.07, 6.45) is -4.62. The number of anilines is 1. The van der Waals surface area contributed by atoms with Gasteiger partial charge in [-0.1, -0.05) is 29.8 Å². The van der Waals surface area contributed by atoms with Crippen LogP contribution in [-0.2, 0) is 23.4 Å². The highest BCUT2D eigenvalue weighted by Crippen LogP contribution is 2.48. The summed E-state index contributed by atoms with van der Waals surface area (Å²) in [6, 6.07) is 8.03. The second-order valence-electron chi connectivity index (χ2n) is 8.22. The summed E-state index contributed by atoms with van der Waals surface area (Å²) in [5, 5.41) is 9.94. The molecule has 0 unspecified atom stereocenters. The van der Waals surface area contributed by atoms with E-state index in [0.29, 0.717) is 0 Å². The third-order valence-corrected chi connectivity index (χ3v) is 6.97. The normalized spacial score (nSPS) is 26.4. The Morgan fingerprint density at radius 1 is 1.36 bits per heavy atom. The van der Waals surface area contributed by atoms with E-state index in [1.54, 1.807) is 32.0 Å². The molecule has 1 aromatic carbocycles. The monoisotopic (exact) mass is 548 g/mol. The van der Waals surface area contributed by atoms with E-state index >= 15 is 4.39 Å². The van der Waals surface area contributed by atoms with Gasteiger partial charge in [0.2, 0.25) is 0 Å². The lowest BCUT2D eigenvalue weighted by Crippen LogP contribution is -2.41. The molecule has 6 atom stereocenters. The van der Waals surface area contributed by atoms with E-state index in [2.05, 4.69) is 10.1 Å². The van der Waals surface area contributed by atoms with Crippen LogP contribution in [0, 0.1) is 0 Å². The second kappa shape index (κ2) is 11.2. The molecule has 36 heavy (non-hydrogen) atoms. The van der Waals surface area contributed by atoms with Crippen molar-refractivity contribution in [1.82, 2.24) is 14.6 Å². The Morgan fingerprint density at radius 2 is 2.03 bits per heavy atom. The Bertz CT molecular complexity index is 1170. The van der Waals surface area contributed by atoms with Crippen LogP contribution in [0.4, 0.5) is 10.2 Å². The van der Waals surface area contributed by atoms with Crippen molar-refractivity contribution >= 4 is 31.1 Å². The summed E-state index contributed by atoms with van der Waals surface area (Å²) < 4.78 is 51.0. The Balaban J connectivity index is 1.79. The van der Waals surface area contributed by atoms with E-state index in [1.807, 2.05) is 0 Å². The molecular formula is C21H27ClFN4O8P. The zero-order valence-electron chi connectivity index (χ0n) is 19.6. The van der Waals surface area contributed by atoms with Gasteiger partial charge in [-0.3, -0.25) is 13.9 Å². The van der Waals surface area contributed by atoms with Gasteiger partial charge in [-0.25, -0.2) is 13.8 Å². The quantitative estimate of drug-likeness (QED) is 0.226. The predicted octanol–water partition coefficient (Wildman–Crippen LogP) is 2.12. The molecule has 1 saturated heterocycles. The number of rotatable bonds is 10. The number of halogens is 2. The van der Waals surface area contributed by atoms with Crippen molar-refractivity contribution < 1.29 is 37.4 Å². The molecule has 3 rings (SSSR count). The zero-order chi connectivity index (χ0) is 26.7. The van der Waals surface area contributed by atoms with E-state index in [-0.39, 0.29) is 11.6 Å². The molecule has 0 radical (unpaired) electrons. The fourth-order valence-corrected chi connectivity index (χ4v) is 5.02. The Morgan fingerprint density at radius 3 is 2.64 bits per heavy atom. The fraction of sp³-hybridized carbons (Fsp3) is 0.476. The molecule has 2 aromatic rings. The Hall–Kier alpha value is -2.54. The number of carbonyl (C=O) groups excluding carboxylic acids is 1. The number of aliphatic hydroxyl groups excluding tert-OH is 1. The minimum Gasteiger partial charge on any atom is -0.462 e. The summed E-state index contributed by atoms with van der Waals surface area (Å²) in [6.45, 7) is 3.98. The molecule has 1 aliphatic rings. The Labute approximate surface area is 211 Å². The van der Waals surface area contributed by atoms with Crippen LogP contribution in [0.1, 0.15) is 27.0 Å². The van der Waals surface area contributed by atoms with Gasteiger partial charge in [0.1, 0.15) is 29.8 Å². The largest absolute Gasteiger partial charge is 0.462 e. The van der Waals surface area contributed by atoms with Gasteiger partial charge < -0.3 is 24.8 Å². The SMILES string of the molecule is CC(C)OC(=O)[C@@H](C)N[P@@](=O)(OC[C@H]1O[C@@H](n2ccc(N)nc2=O)[C@@](F)(Cl)[C@@H]1O)Oc1ccccc1. The van der Waals surface area contributed by atoms with Gasteiger partial charge in [0, 0.05) is 6.20 Å². The van der Waals surface area contributed by atoms with Crippen molar-refractivity contribution in [3.8, 4) is 5.75 Å². The van der Waals surface area contributed by atoms with Crippen molar-refractivity contribution in [2.75, 3.05) is 12.3 Å². The number of ether oxygens (including phenoxy) is 2. The van der Waals surface area contributed by atoms with Crippen molar-refractivity contribution in [1.29, 1.82) is 0 Å². The second-order valence-corrected chi connectivity index (χ2v) is 10.5. The number of nitrogens with one attached hydrogen (secondary N) is 1. The predicted molar refractivity (Wildman–Crippen MR) is 127 cm³/mol. The van der Waals surface area contributed by atoms with Crippen molar-refractivity contribution in [2.45, 2.75) is 56.5 Å². The van der Waals surface area contributed by atoms with E-state index < -0.39 is 61.7 Å². The molecular weight excluding hydrogens is 522 g/mol. The van der Waals surface area contributed by atoms with Crippen LogP contribution in [0.3, 0.4) is 0 Å². The highest BCUT2D eigenvalue weighted by Gasteiger charge is 2.58. The number of nitrogens with zero attached hydrogens (tertiary/aromatic N) is 2. The van der Waals surface area contributed by atoms with Gasteiger partial charge in [-0.05, 0) is 39.0 Å². The maximum absolute atomic E-state index is 15.2. The molecule has 12 nitrogen and oxygen atoms in total. The number of aliphatic hydroxyl groups is 1. The van der Waals surface area contributed by atoms with Crippen LogP contribution in [0.5, 0.6) is 5.75 Å². The molecule has 1 fully saturated rings. The summed E-state index contributed by atoms with van der Waals surface area (Å²) in [7, 11) is -4.33. The molecule has 15 heteroatoms. The van der Waals surface area contributed by atoms with Gasteiger partial charge in [0.05, 0.1) is 12.7 Å². The van der Waals surface area contributed by atoms with E-state index in [4.69, 9.17) is 35.9 Å². The van der Waals surface area contributed by atoms with E-state index in [1.165, 1.54) is 25.1 Å². The van der Waals surface area contributed by atoms with Gasteiger partial charge in [-0.15, -0.1) is 0 Å². The fourth-order valence-electron chi connectivity index (χ4n) is 3.22. The van der Waals surface area contributed by atoms with Gasteiger partial charge in [-0.2, -0.15) is 10.1 Å². The molecule has 0 aliphatic carbocycles. The number of para-hydroxylation sites is 1. The van der Waals surface area contributed by atoms with Gasteiger partial charge in [0.25, 0.3) is 5.13 Å². The molecule has 4 N–H and O–H groups in total. The van der Waals surface area contributed by atoms with E-state index in [0.717, 1.165) is 10.8 Å². The first kappa shape index (κ1) is 28.0. The Kier molecular flexibility index (Phi) is 8.75. The number of aromatic nitrogens is 2. The van der Waals surface area contributed by atoms with Crippen LogP contribution < -0.4 is 21.0 Å². The average molecular weight is 549 g/mol. The molecule has 1 aliphatic heterocycles. The van der Waals surface area contributed by atoms with Gasteiger partial charge >= 0.3 is 19.4 Å². The zero-order valence-corrected chi connectivity index (χ0v) is 21.3. The van der Waals surface area contributed by atoms with Crippen LogP contribution in [-0.4, -0.2) is 56.7 Å². The highest BCUT2D eigenvalue weighted by atomic mass is 35.5. The number of alkyl halides is 2. The van der Waals surface area contributed by atoms with Crippen molar-refractivity contribution in [3.63, 3.8) is 0 Å². The van der Waals surface area contributed by atoms with Crippen LogP contribution in [0.15, 0.2) is 47.4 Å². The molecule has 0 saturated carbocycles. The van der Waals surface area contributed by atoms with E-state index in [9.17, 15) is 19.3 Å². The number of benzene rings is 1. The summed E-state index contributed by atoms with van der Waals surface area (Å²) in [5.74, 6) is -0.689. The minimum atomic E-state index is -4.33. The number of hydrogen-bond acceptors (Lipinski definition) is 10. The topological polar surface area (TPSA) is 164 Å². The molecule has 2 heterocycles. The lowest BCUT2D eigenvalue weighted by atomic mass is 10.1. The third-order valence-electron chi connectivity index (χ3n) is 4.92. The third kappa shape index (κ3) is 6.61. The van der Waals surface area contributed by atoms with Crippen molar-refractivity contribution in [2.24, 2.45) is 0 Å². The summed E-state index contributed by atoms with van der Waals surface area (Å²) >= 11 is 5.89. The molecule has 0 bridgehead atoms. The summed E-state index contributed by atoms with van der Waals surface area (Å²) in [4.78, 5) is 27.9. The lowest BCUT2D eigenvalue weighted by Gasteiger charge is -2.25. The minimum absolute atomic E-state index is 0.108. The molecule has 0 spiro atoms. The first-order valence-electron chi connectivity index (χ1n) is 10.9. The van der Waals surface area contributed by atoms with Gasteiger partial charge in [0.15, 0.2) is 6.23 Å². The number of esters is 1. The maximum atomic E-state index is 15.2. The number of nitrogen functional groups attached to an aromatic ring is 1. The molecule has 1 aromatic heterocycles. The highest BCUT2D eigenvalue weighted by molar-refractivity contribution is 7.52. The van der Waals surface area contributed by atoms with Crippen LogP contribution in [0.25, 0.3) is 0 Å². The lowest BCUT2D eigenvalue weighted by molar-refractivity contribution is -0.149. The molecule has 0 amide bonds. The number of carbonyl (C=O) groups is 1. The molecule has 198 valence electrons. The van der Waals surface area contributed by atoms with Crippen LogP contribution >= 0.6 is 19.3 Å².